The lowest BCUT2D eigenvalue weighted by Gasteiger charge is -2.29. The third kappa shape index (κ3) is 27.2. The summed E-state index contributed by atoms with van der Waals surface area (Å²) in [6, 6.07) is -2.54. The average molecular weight is 1060 g/mol. The molecule has 0 bridgehead atoms. The van der Waals surface area contributed by atoms with Crippen molar-refractivity contribution in [1.29, 1.82) is 0 Å². The van der Waals surface area contributed by atoms with E-state index in [0.717, 1.165) is 0 Å². The van der Waals surface area contributed by atoms with Gasteiger partial charge in [0.25, 0.3) is 0 Å². The standard InChI is InChI=1S/C50H88N14O11/c1-29(2)25-37(62-49(74)38(26-30(3)4)61-45(70)34(18-10-13-23-52)59-47(72)36(20-21-41(55)66)57-43(68)31(5)54)48(73)60-33(17-9-12-22-51)44(69)58-35(19-11-14-24-53)46(71)63-39(27-32-15-7-6-8-16-32)50(75)64-40(28-65)42(56)67/h6-8,15-16,29-31,33-40,65H,9-14,17-28,51-54H2,1-5H3,(H2,55,66)(H2,56,67)(H,57,68)(H,58,69)(H,59,72)(H,60,73)(H,61,70)(H,62,74)(H,63,71)(H,64,75)/t31-,33-,34-,35-,36-,37-,38-,39-,40-/m0/s1. The average Bonchev–Trinajstić information content (AvgIpc) is 3.34. The molecule has 21 N–H and O–H groups in total. The smallest absolute Gasteiger partial charge is 0.243 e. The second kappa shape index (κ2) is 36.6. The zero-order chi connectivity index (χ0) is 56.6. The van der Waals surface area contributed by atoms with Gasteiger partial charge in [-0.15, -0.1) is 0 Å². The van der Waals surface area contributed by atoms with E-state index in [4.69, 9.17) is 34.4 Å². The van der Waals surface area contributed by atoms with Crippen molar-refractivity contribution in [2.45, 2.75) is 179 Å². The first-order valence-electron chi connectivity index (χ1n) is 26.0. The van der Waals surface area contributed by atoms with Crippen LogP contribution in [0, 0.1) is 11.8 Å². The predicted molar refractivity (Wildman–Crippen MR) is 282 cm³/mol. The van der Waals surface area contributed by atoms with Crippen LogP contribution in [-0.2, 0) is 54.4 Å². The van der Waals surface area contributed by atoms with Crippen molar-refractivity contribution in [2.75, 3.05) is 26.2 Å². The van der Waals surface area contributed by atoms with Crippen LogP contribution in [0.15, 0.2) is 30.3 Å². The summed E-state index contributed by atoms with van der Waals surface area (Å²) in [5, 5.41) is 30.8. The number of amides is 10. The number of carbonyl (C=O) groups excluding carboxylic acids is 10. The topological polar surface area (TPSA) is 443 Å². The van der Waals surface area contributed by atoms with Crippen molar-refractivity contribution in [3.05, 3.63) is 35.9 Å². The molecule has 424 valence electrons. The van der Waals surface area contributed by atoms with Crippen LogP contribution >= 0.6 is 0 Å². The minimum atomic E-state index is -1.44. The number of nitrogens with one attached hydrogen (secondary N) is 8. The molecule has 0 unspecified atom stereocenters. The molecule has 0 aliphatic rings. The summed E-state index contributed by atoms with van der Waals surface area (Å²) in [7, 11) is 0. The lowest BCUT2D eigenvalue weighted by Crippen LogP contribution is -2.60. The van der Waals surface area contributed by atoms with Crippen LogP contribution in [-0.4, -0.2) is 145 Å². The monoisotopic (exact) mass is 1060 g/mol. The second-order valence-corrected chi connectivity index (χ2v) is 19.7. The molecule has 0 radical (unpaired) electrons. The van der Waals surface area contributed by atoms with Crippen molar-refractivity contribution >= 4 is 59.1 Å². The van der Waals surface area contributed by atoms with Crippen LogP contribution in [0.2, 0.25) is 0 Å². The molecular formula is C50H88N14O11. The number of unbranched alkanes of at least 4 members (excludes halogenated alkanes) is 3. The molecule has 1 aromatic rings. The van der Waals surface area contributed by atoms with E-state index in [-0.39, 0.29) is 82.8 Å². The second-order valence-electron chi connectivity index (χ2n) is 19.7. The summed E-state index contributed by atoms with van der Waals surface area (Å²) in [5.74, 6) is -8.09. The van der Waals surface area contributed by atoms with E-state index in [1.807, 2.05) is 27.7 Å². The van der Waals surface area contributed by atoms with Crippen molar-refractivity contribution < 1.29 is 53.1 Å². The maximum Gasteiger partial charge on any atom is 0.243 e. The quantitative estimate of drug-likeness (QED) is 0.0287. The van der Waals surface area contributed by atoms with Gasteiger partial charge in [0.05, 0.1) is 12.6 Å². The number of aliphatic hydroxyl groups is 1. The first-order valence-corrected chi connectivity index (χ1v) is 26.0. The fourth-order valence-electron chi connectivity index (χ4n) is 7.72. The number of rotatable bonds is 39. The molecule has 0 saturated carbocycles. The van der Waals surface area contributed by atoms with Gasteiger partial charge in [-0.2, -0.15) is 0 Å². The first kappa shape index (κ1) is 66.7. The molecule has 0 spiro atoms. The van der Waals surface area contributed by atoms with Crippen LogP contribution in [0.5, 0.6) is 0 Å². The van der Waals surface area contributed by atoms with Gasteiger partial charge in [0.1, 0.15) is 48.3 Å². The number of nitrogens with two attached hydrogens (primary N) is 6. The fraction of sp³-hybridized carbons (Fsp3) is 0.680. The Morgan fingerprint density at radius 2 is 0.760 bits per heavy atom. The van der Waals surface area contributed by atoms with E-state index in [1.54, 1.807) is 30.3 Å². The molecule has 1 aromatic carbocycles. The zero-order valence-electron chi connectivity index (χ0n) is 44.5. The summed E-state index contributed by atoms with van der Waals surface area (Å²) >= 11 is 0. The Hall–Kier alpha value is -6.28. The molecular weight excluding hydrogens is 973 g/mol. The van der Waals surface area contributed by atoms with Crippen LogP contribution in [0.1, 0.15) is 124 Å². The van der Waals surface area contributed by atoms with Gasteiger partial charge in [-0.05, 0) is 121 Å². The molecule has 75 heavy (non-hydrogen) atoms. The highest BCUT2D eigenvalue weighted by atomic mass is 16.3. The summed E-state index contributed by atoms with van der Waals surface area (Å²) < 4.78 is 0. The van der Waals surface area contributed by atoms with E-state index < -0.39 is 120 Å². The molecule has 0 aliphatic carbocycles. The van der Waals surface area contributed by atoms with E-state index >= 15 is 0 Å². The van der Waals surface area contributed by atoms with Gasteiger partial charge in [-0.1, -0.05) is 58.0 Å². The van der Waals surface area contributed by atoms with Crippen LogP contribution < -0.4 is 76.9 Å². The largest absolute Gasteiger partial charge is 0.394 e. The zero-order valence-corrected chi connectivity index (χ0v) is 44.5. The molecule has 1 rings (SSSR count). The maximum atomic E-state index is 14.3. The van der Waals surface area contributed by atoms with Gasteiger partial charge in [-0.25, -0.2) is 0 Å². The normalized spacial score (nSPS) is 14.8. The Labute approximate surface area is 440 Å². The molecule has 0 fully saturated rings. The van der Waals surface area contributed by atoms with E-state index in [0.29, 0.717) is 44.1 Å². The molecule has 25 nitrogen and oxygen atoms in total. The van der Waals surface area contributed by atoms with Crippen LogP contribution in [0.25, 0.3) is 0 Å². The lowest BCUT2D eigenvalue weighted by atomic mass is 9.98. The van der Waals surface area contributed by atoms with Crippen molar-refractivity contribution in [1.82, 2.24) is 42.5 Å². The first-order chi connectivity index (χ1) is 35.5. The third-order valence-corrected chi connectivity index (χ3v) is 11.9. The highest BCUT2D eigenvalue weighted by Crippen LogP contribution is 2.14. The van der Waals surface area contributed by atoms with Crippen molar-refractivity contribution in [2.24, 2.45) is 46.2 Å². The number of hydrogen-bond acceptors (Lipinski definition) is 15. The maximum absolute atomic E-state index is 14.3. The van der Waals surface area contributed by atoms with E-state index in [2.05, 4.69) is 42.5 Å². The summed E-state index contributed by atoms with van der Waals surface area (Å²) in [6.07, 6.45) is 2.53. The minimum absolute atomic E-state index is 0.0385. The molecule has 0 aromatic heterocycles. The predicted octanol–water partition coefficient (Wildman–Crippen LogP) is -3.32. The number of aliphatic hydroxyl groups excluding tert-OH is 1. The number of benzene rings is 1. The summed E-state index contributed by atoms with van der Waals surface area (Å²) in [4.78, 5) is 134. The Kier molecular flexibility index (Phi) is 32.6. The highest BCUT2D eigenvalue weighted by molar-refractivity contribution is 5.98. The minimum Gasteiger partial charge on any atom is -0.394 e. The van der Waals surface area contributed by atoms with Crippen molar-refractivity contribution in [3.63, 3.8) is 0 Å². The van der Waals surface area contributed by atoms with Gasteiger partial charge in [0.2, 0.25) is 59.1 Å². The van der Waals surface area contributed by atoms with E-state index in [1.165, 1.54) is 6.92 Å². The molecule has 0 aliphatic heterocycles. The Bertz CT molecular complexity index is 1980. The van der Waals surface area contributed by atoms with E-state index in [9.17, 15) is 53.1 Å². The molecule has 25 heteroatoms. The Morgan fingerprint density at radius 1 is 0.440 bits per heavy atom. The number of primary amides is 2. The summed E-state index contributed by atoms with van der Waals surface area (Å²) in [5.41, 5.74) is 34.3. The van der Waals surface area contributed by atoms with Gasteiger partial charge in [-0.3, -0.25) is 47.9 Å². The van der Waals surface area contributed by atoms with Gasteiger partial charge in [0.15, 0.2) is 0 Å². The molecule has 10 amide bonds. The molecule has 9 atom stereocenters. The van der Waals surface area contributed by atoms with Crippen LogP contribution in [0.4, 0.5) is 0 Å². The lowest BCUT2D eigenvalue weighted by molar-refractivity contribution is -0.136. The fourth-order valence-corrected chi connectivity index (χ4v) is 7.72. The number of carbonyl (C=O) groups is 10. The number of hydrogen-bond donors (Lipinski definition) is 15. The molecule has 0 saturated heterocycles. The Morgan fingerprint density at radius 3 is 1.09 bits per heavy atom. The van der Waals surface area contributed by atoms with Crippen molar-refractivity contribution in [3.8, 4) is 0 Å². The highest BCUT2D eigenvalue weighted by Gasteiger charge is 2.35. The van der Waals surface area contributed by atoms with Gasteiger partial charge < -0.3 is 82.0 Å². The van der Waals surface area contributed by atoms with Crippen LogP contribution in [0.3, 0.4) is 0 Å². The Balaban J connectivity index is 3.54. The summed E-state index contributed by atoms with van der Waals surface area (Å²) in [6.45, 7) is 8.73. The SMILES string of the molecule is CC(C)C[C@H](NC(=O)[C@H](CCCCN)NC(=O)[C@H](CCC(N)=O)NC(=O)[C@H](C)N)C(=O)N[C@@H](CC(C)C)C(=O)N[C@@H](CCCCN)C(=O)N[C@@H](CCCCN)C(=O)N[C@@H](Cc1ccccc1)C(=O)N[C@@H](CO)C(N)=O. The van der Waals surface area contributed by atoms with Gasteiger partial charge in [0, 0.05) is 12.8 Å². The third-order valence-electron chi connectivity index (χ3n) is 11.9. The van der Waals surface area contributed by atoms with Gasteiger partial charge >= 0.3 is 0 Å². The molecule has 0 heterocycles.